The van der Waals surface area contributed by atoms with Gasteiger partial charge in [-0.25, -0.2) is 8.78 Å². The molecule has 0 fully saturated rings. The molecule has 1 amide bonds. The molecule has 3 rings (SSSR count). The van der Waals surface area contributed by atoms with Crippen LogP contribution in [0, 0.1) is 18.6 Å². The molecule has 1 aliphatic heterocycles. The molecule has 1 aromatic carbocycles. The van der Waals surface area contributed by atoms with Gasteiger partial charge in [0.25, 0.3) is 0 Å². The number of fused-ring (bicyclic) bond motifs is 1. The average Bonchev–Trinajstić information content (AvgIpc) is 2.76. The van der Waals surface area contributed by atoms with Gasteiger partial charge in [-0.1, -0.05) is 6.07 Å². The van der Waals surface area contributed by atoms with Crippen LogP contribution >= 0.6 is 0 Å². The number of carbonyl (C=O) groups excluding carboxylic acids is 1. The zero-order valence-electron chi connectivity index (χ0n) is 12.7. The van der Waals surface area contributed by atoms with E-state index in [-0.39, 0.29) is 5.91 Å². The van der Waals surface area contributed by atoms with Gasteiger partial charge in [-0.05, 0) is 30.7 Å². The summed E-state index contributed by atoms with van der Waals surface area (Å²) in [4.78, 5) is 14.0. The van der Waals surface area contributed by atoms with E-state index in [4.69, 9.17) is 0 Å². The van der Waals surface area contributed by atoms with E-state index in [1.165, 1.54) is 18.2 Å². The van der Waals surface area contributed by atoms with Crippen LogP contribution in [0.3, 0.4) is 0 Å². The first kappa shape index (κ1) is 15.3. The molecule has 1 aromatic heterocycles. The molecular formula is C16H16F2N4O. The number of rotatable bonds is 2. The van der Waals surface area contributed by atoms with Crippen molar-refractivity contribution in [2.45, 2.75) is 19.9 Å². The van der Waals surface area contributed by atoms with Crippen LogP contribution in [0.5, 0.6) is 0 Å². The quantitative estimate of drug-likeness (QED) is 0.796. The van der Waals surface area contributed by atoms with Crippen LogP contribution < -0.4 is 0 Å². The van der Waals surface area contributed by atoms with Crippen LogP contribution in [-0.4, -0.2) is 38.7 Å². The predicted molar refractivity (Wildman–Crippen MR) is 80.4 cm³/mol. The summed E-state index contributed by atoms with van der Waals surface area (Å²) < 4.78 is 28.0. The zero-order valence-corrected chi connectivity index (χ0v) is 12.7. The molecule has 0 unspecified atom stereocenters. The van der Waals surface area contributed by atoms with Crippen LogP contribution in [0.4, 0.5) is 8.78 Å². The molecule has 0 radical (unpaired) electrons. The lowest BCUT2D eigenvalue weighted by atomic mass is 10.2. The number of aryl methyl sites for hydroxylation is 1. The monoisotopic (exact) mass is 318 g/mol. The maximum Gasteiger partial charge on any atom is 0.246 e. The lowest BCUT2D eigenvalue weighted by molar-refractivity contribution is -0.125. The molecule has 7 heteroatoms. The van der Waals surface area contributed by atoms with Crippen LogP contribution in [0.1, 0.15) is 17.2 Å². The van der Waals surface area contributed by atoms with Gasteiger partial charge in [0.2, 0.25) is 5.91 Å². The topological polar surface area (TPSA) is 51.0 Å². The number of benzene rings is 1. The lowest BCUT2D eigenvalue weighted by Crippen LogP contribution is -2.32. The van der Waals surface area contributed by atoms with Gasteiger partial charge in [0.1, 0.15) is 11.6 Å². The number of halogens is 2. The second-order valence-electron chi connectivity index (χ2n) is 5.40. The molecule has 23 heavy (non-hydrogen) atoms. The van der Waals surface area contributed by atoms with Gasteiger partial charge < -0.3 is 9.47 Å². The standard InChI is InChI=1S/C16H16F2N4O/c1-11-19-20-15-6-7-21(8-9-22(11)15)16(23)5-3-12-2-4-13(17)14(18)10-12/h2-5,10H,6-9H2,1H3/b5-3+. The lowest BCUT2D eigenvalue weighted by Gasteiger charge is -2.18. The Kier molecular flexibility index (Phi) is 4.18. The molecule has 0 N–H and O–H groups in total. The second kappa shape index (κ2) is 6.28. The Morgan fingerprint density at radius 1 is 1.17 bits per heavy atom. The van der Waals surface area contributed by atoms with Gasteiger partial charge in [-0.15, -0.1) is 10.2 Å². The summed E-state index contributed by atoms with van der Waals surface area (Å²) in [5.41, 5.74) is 0.444. The maximum absolute atomic E-state index is 13.1. The van der Waals surface area contributed by atoms with Gasteiger partial charge in [-0.3, -0.25) is 4.79 Å². The molecule has 0 saturated heterocycles. The second-order valence-corrected chi connectivity index (χ2v) is 5.40. The smallest absolute Gasteiger partial charge is 0.246 e. The molecule has 2 aromatic rings. The van der Waals surface area contributed by atoms with E-state index in [9.17, 15) is 13.6 Å². The molecule has 1 aliphatic rings. The summed E-state index contributed by atoms with van der Waals surface area (Å²) in [6.45, 7) is 3.65. The summed E-state index contributed by atoms with van der Waals surface area (Å²) in [6.07, 6.45) is 3.51. The third kappa shape index (κ3) is 3.28. The Bertz CT molecular complexity index is 769. The molecule has 0 bridgehead atoms. The van der Waals surface area contributed by atoms with E-state index in [2.05, 4.69) is 10.2 Å². The van der Waals surface area contributed by atoms with Gasteiger partial charge >= 0.3 is 0 Å². The number of aromatic nitrogens is 3. The Morgan fingerprint density at radius 3 is 2.78 bits per heavy atom. The van der Waals surface area contributed by atoms with Crippen LogP contribution in [0.15, 0.2) is 24.3 Å². The number of carbonyl (C=O) groups is 1. The van der Waals surface area contributed by atoms with Crippen LogP contribution in [-0.2, 0) is 17.8 Å². The molecule has 0 spiro atoms. The van der Waals surface area contributed by atoms with Crippen LogP contribution in [0.2, 0.25) is 0 Å². The fourth-order valence-corrected chi connectivity index (χ4v) is 2.58. The van der Waals surface area contributed by atoms with Crippen molar-refractivity contribution in [3.8, 4) is 0 Å². The minimum Gasteiger partial charge on any atom is -0.337 e. The maximum atomic E-state index is 13.1. The molecule has 0 aliphatic carbocycles. The first-order valence-electron chi connectivity index (χ1n) is 7.35. The van der Waals surface area contributed by atoms with Crippen LogP contribution in [0.25, 0.3) is 6.08 Å². The fourth-order valence-electron chi connectivity index (χ4n) is 2.58. The third-order valence-electron chi connectivity index (χ3n) is 3.88. The van der Waals surface area contributed by atoms with Gasteiger partial charge in [0, 0.05) is 32.1 Å². The highest BCUT2D eigenvalue weighted by Gasteiger charge is 2.19. The molecule has 0 saturated carbocycles. The molecule has 0 atom stereocenters. The Labute approximate surface area is 132 Å². The summed E-state index contributed by atoms with van der Waals surface area (Å²) in [6, 6.07) is 3.53. The van der Waals surface area contributed by atoms with Crippen molar-refractivity contribution in [1.82, 2.24) is 19.7 Å². The number of hydrogen-bond donors (Lipinski definition) is 0. The summed E-state index contributed by atoms with van der Waals surface area (Å²) in [7, 11) is 0. The van der Waals surface area contributed by atoms with Crippen molar-refractivity contribution in [3.63, 3.8) is 0 Å². The highest BCUT2D eigenvalue weighted by atomic mass is 19.2. The van der Waals surface area contributed by atoms with E-state index in [1.807, 2.05) is 11.5 Å². The summed E-state index contributed by atoms with van der Waals surface area (Å²) in [5.74, 6) is -0.276. The number of nitrogens with zero attached hydrogens (tertiary/aromatic N) is 4. The Hall–Kier alpha value is -2.57. The third-order valence-corrected chi connectivity index (χ3v) is 3.88. The molecule has 2 heterocycles. The van der Waals surface area contributed by atoms with Gasteiger partial charge in [0.15, 0.2) is 11.6 Å². The van der Waals surface area contributed by atoms with Crippen molar-refractivity contribution >= 4 is 12.0 Å². The average molecular weight is 318 g/mol. The van der Waals surface area contributed by atoms with Crippen molar-refractivity contribution in [2.75, 3.05) is 13.1 Å². The Morgan fingerprint density at radius 2 is 2.00 bits per heavy atom. The molecular weight excluding hydrogens is 302 g/mol. The van der Waals surface area contributed by atoms with Crippen molar-refractivity contribution < 1.29 is 13.6 Å². The van der Waals surface area contributed by atoms with E-state index in [1.54, 1.807) is 4.90 Å². The Balaban J connectivity index is 1.67. The SMILES string of the molecule is Cc1nnc2n1CCN(C(=O)/C=C/c1ccc(F)c(F)c1)CC2. The highest BCUT2D eigenvalue weighted by molar-refractivity contribution is 5.91. The first-order chi connectivity index (χ1) is 11.0. The minimum absolute atomic E-state index is 0.161. The summed E-state index contributed by atoms with van der Waals surface area (Å²) in [5, 5.41) is 8.13. The first-order valence-corrected chi connectivity index (χ1v) is 7.35. The number of amides is 1. The van der Waals surface area contributed by atoms with Gasteiger partial charge in [-0.2, -0.15) is 0 Å². The number of hydrogen-bond acceptors (Lipinski definition) is 3. The van der Waals surface area contributed by atoms with E-state index in [0.29, 0.717) is 31.6 Å². The van der Waals surface area contributed by atoms with E-state index >= 15 is 0 Å². The van der Waals surface area contributed by atoms with E-state index in [0.717, 1.165) is 23.8 Å². The highest BCUT2D eigenvalue weighted by Crippen LogP contribution is 2.12. The zero-order chi connectivity index (χ0) is 16.4. The summed E-state index contributed by atoms with van der Waals surface area (Å²) >= 11 is 0. The molecule has 120 valence electrons. The molecule has 5 nitrogen and oxygen atoms in total. The van der Waals surface area contributed by atoms with E-state index < -0.39 is 11.6 Å². The fraction of sp³-hybridized carbons (Fsp3) is 0.312. The minimum atomic E-state index is -0.928. The van der Waals surface area contributed by atoms with Crippen molar-refractivity contribution in [2.24, 2.45) is 0 Å². The normalized spacial score (nSPS) is 14.8. The van der Waals surface area contributed by atoms with Gasteiger partial charge in [0.05, 0.1) is 0 Å². The van der Waals surface area contributed by atoms with Crippen molar-refractivity contribution in [3.05, 3.63) is 53.1 Å². The predicted octanol–water partition coefficient (Wildman–Crippen LogP) is 1.96. The largest absolute Gasteiger partial charge is 0.337 e. The van der Waals surface area contributed by atoms with Crippen molar-refractivity contribution in [1.29, 1.82) is 0 Å².